The molecule has 0 aromatic carbocycles. The van der Waals surface area contributed by atoms with E-state index in [0.717, 1.165) is 5.92 Å². The van der Waals surface area contributed by atoms with E-state index in [9.17, 15) is 13.2 Å². The van der Waals surface area contributed by atoms with Crippen LogP contribution in [0.15, 0.2) is 0 Å². The van der Waals surface area contributed by atoms with E-state index in [0.29, 0.717) is 37.8 Å². The van der Waals surface area contributed by atoms with Crippen molar-refractivity contribution >= 4 is 0 Å². The lowest BCUT2D eigenvalue weighted by Gasteiger charge is -2.35. The summed E-state index contributed by atoms with van der Waals surface area (Å²) in [6, 6.07) is 0.767. The summed E-state index contributed by atoms with van der Waals surface area (Å²) in [5, 5.41) is 3.59. The van der Waals surface area contributed by atoms with Gasteiger partial charge in [0.2, 0.25) is 0 Å². The van der Waals surface area contributed by atoms with Crippen LogP contribution in [0, 0.1) is 11.8 Å². The minimum absolute atomic E-state index is 0.301. The normalized spacial score (nSPS) is 32.2. The molecule has 1 atom stereocenters. The topological polar surface area (TPSA) is 12.0 Å². The van der Waals surface area contributed by atoms with E-state index < -0.39 is 12.1 Å². The van der Waals surface area contributed by atoms with Crippen LogP contribution in [0.4, 0.5) is 13.2 Å². The number of halogens is 3. The molecule has 0 aromatic heterocycles. The molecule has 2 rings (SSSR count). The predicted octanol–water partition coefficient (Wildman–Crippen LogP) is 4.67. The molecule has 0 amide bonds. The first kappa shape index (κ1) is 15.1. The molecule has 0 heterocycles. The van der Waals surface area contributed by atoms with Gasteiger partial charge >= 0.3 is 6.18 Å². The highest BCUT2D eigenvalue weighted by molar-refractivity contribution is 4.84. The Bertz CT molecular complexity index is 263. The third kappa shape index (κ3) is 4.37. The molecule has 1 N–H and O–H groups in total. The van der Waals surface area contributed by atoms with Crippen LogP contribution in [0.3, 0.4) is 0 Å². The minimum Gasteiger partial charge on any atom is -0.311 e. The first-order valence-corrected chi connectivity index (χ1v) is 7.79. The molecule has 0 spiro atoms. The summed E-state index contributed by atoms with van der Waals surface area (Å²) in [5.74, 6) is -0.329. The van der Waals surface area contributed by atoms with Gasteiger partial charge < -0.3 is 5.32 Å². The highest BCUT2D eigenvalue weighted by Gasteiger charge is 2.41. The maximum Gasteiger partial charge on any atom is 0.391 e. The monoisotopic (exact) mass is 277 g/mol. The van der Waals surface area contributed by atoms with Crippen molar-refractivity contribution in [1.29, 1.82) is 0 Å². The average Bonchev–Trinajstić information content (AvgIpc) is 2.39. The molecule has 0 aliphatic heterocycles. The van der Waals surface area contributed by atoms with Gasteiger partial charge in [-0.2, -0.15) is 13.2 Å². The second kappa shape index (κ2) is 6.47. The second-order valence-corrected chi connectivity index (χ2v) is 6.44. The summed E-state index contributed by atoms with van der Waals surface area (Å²) in [5.41, 5.74) is 0. The minimum atomic E-state index is -3.99. The summed E-state index contributed by atoms with van der Waals surface area (Å²) in [6.45, 7) is 2.21. The zero-order chi connectivity index (χ0) is 13.9. The number of nitrogens with one attached hydrogen (secondary N) is 1. The molecule has 112 valence electrons. The maximum atomic E-state index is 12.6. The third-order valence-corrected chi connectivity index (χ3v) is 5.05. The van der Waals surface area contributed by atoms with E-state index in [1.54, 1.807) is 0 Å². The molecule has 1 nitrogen and oxygen atoms in total. The van der Waals surface area contributed by atoms with Crippen molar-refractivity contribution in [2.75, 3.05) is 0 Å². The van der Waals surface area contributed by atoms with Crippen LogP contribution in [0.5, 0.6) is 0 Å². The Kier molecular flexibility index (Phi) is 5.15. The lowest BCUT2D eigenvalue weighted by Crippen LogP contribution is -2.44. The molecule has 19 heavy (non-hydrogen) atoms. The van der Waals surface area contributed by atoms with Crippen LogP contribution in [0.25, 0.3) is 0 Å². The summed E-state index contributed by atoms with van der Waals surface area (Å²) in [4.78, 5) is 0. The Balaban J connectivity index is 1.73. The average molecular weight is 277 g/mol. The maximum absolute atomic E-state index is 12.6. The molecule has 0 saturated heterocycles. The Morgan fingerprint density at radius 3 is 2.00 bits per heavy atom. The summed E-state index contributed by atoms with van der Waals surface area (Å²) in [6.07, 6.45) is 4.53. The zero-order valence-corrected chi connectivity index (χ0v) is 11.8. The van der Waals surface area contributed by atoms with Crippen LogP contribution in [0.2, 0.25) is 0 Å². The van der Waals surface area contributed by atoms with E-state index >= 15 is 0 Å². The van der Waals surface area contributed by atoms with Gasteiger partial charge in [-0.15, -0.1) is 0 Å². The van der Waals surface area contributed by atoms with E-state index in [-0.39, 0.29) is 0 Å². The van der Waals surface area contributed by atoms with Gasteiger partial charge in [-0.25, -0.2) is 0 Å². The van der Waals surface area contributed by atoms with Crippen molar-refractivity contribution in [1.82, 2.24) is 5.32 Å². The van der Waals surface area contributed by atoms with E-state index in [1.165, 1.54) is 32.1 Å². The molecule has 2 fully saturated rings. The second-order valence-electron chi connectivity index (χ2n) is 6.44. The van der Waals surface area contributed by atoms with Crippen molar-refractivity contribution in [3.05, 3.63) is 0 Å². The highest BCUT2D eigenvalue weighted by atomic mass is 19.4. The van der Waals surface area contributed by atoms with Crippen molar-refractivity contribution in [3.63, 3.8) is 0 Å². The van der Waals surface area contributed by atoms with Gasteiger partial charge in [0, 0.05) is 12.1 Å². The van der Waals surface area contributed by atoms with Gasteiger partial charge in [0.05, 0.1) is 5.92 Å². The molecule has 2 aliphatic carbocycles. The fourth-order valence-corrected chi connectivity index (χ4v) is 3.73. The quantitative estimate of drug-likeness (QED) is 0.790. The van der Waals surface area contributed by atoms with Crippen molar-refractivity contribution in [2.24, 2.45) is 11.8 Å². The SMILES string of the molecule is C[C@H](NC1CCC(C(F)(F)F)CC1)C1CCCCC1. The summed E-state index contributed by atoms with van der Waals surface area (Å²) < 4.78 is 37.8. The third-order valence-electron chi connectivity index (χ3n) is 5.05. The first-order chi connectivity index (χ1) is 8.97. The first-order valence-electron chi connectivity index (χ1n) is 7.79. The molecule has 4 heteroatoms. The predicted molar refractivity (Wildman–Crippen MR) is 71.0 cm³/mol. The van der Waals surface area contributed by atoms with E-state index in [4.69, 9.17) is 0 Å². The van der Waals surface area contributed by atoms with Crippen molar-refractivity contribution in [2.45, 2.75) is 83.0 Å². The van der Waals surface area contributed by atoms with Crippen LogP contribution in [0.1, 0.15) is 64.7 Å². The van der Waals surface area contributed by atoms with Gasteiger partial charge in [0.1, 0.15) is 0 Å². The van der Waals surface area contributed by atoms with Crippen LogP contribution >= 0.6 is 0 Å². The molecular weight excluding hydrogens is 251 g/mol. The lowest BCUT2D eigenvalue weighted by molar-refractivity contribution is -0.182. The Morgan fingerprint density at radius 1 is 0.895 bits per heavy atom. The molecule has 2 aliphatic rings. The standard InChI is InChI=1S/C15H26F3N/c1-11(12-5-3-2-4-6-12)19-14-9-7-13(8-10-14)15(16,17)18/h11-14,19H,2-10H2,1H3/t11-,13?,14?/m0/s1. The molecule has 0 radical (unpaired) electrons. The smallest absolute Gasteiger partial charge is 0.311 e. The van der Waals surface area contributed by atoms with Gasteiger partial charge in [-0.05, 0) is 51.4 Å². The zero-order valence-electron chi connectivity index (χ0n) is 11.8. The molecule has 2 saturated carbocycles. The van der Waals surface area contributed by atoms with Gasteiger partial charge in [0.25, 0.3) is 0 Å². The molecule has 0 unspecified atom stereocenters. The van der Waals surface area contributed by atoms with Crippen LogP contribution < -0.4 is 5.32 Å². The summed E-state index contributed by atoms with van der Waals surface area (Å²) >= 11 is 0. The Labute approximate surface area is 114 Å². The number of rotatable bonds is 3. The molecular formula is C15H26F3N. The van der Waals surface area contributed by atoms with Crippen LogP contribution in [-0.4, -0.2) is 18.3 Å². The van der Waals surface area contributed by atoms with Crippen molar-refractivity contribution < 1.29 is 13.2 Å². The van der Waals surface area contributed by atoms with Crippen molar-refractivity contribution in [3.8, 4) is 0 Å². The number of alkyl halides is 3. The largest absolute Gasteiger partial charge is 0.391 e. The Hall–Kier alpha value is -0.250. The van der Waals surface area contributed by atoms with Crippen LogP contribution in [-0.2, 0) is 0 Å². The van der Waals surface area contributed by atoms with Gasteiger partial charge in [-0.3, -0.25) is 0 Å². The van der Waals surface area contributed by atoms with E-state index in [2.05, 4.69) is 12.2 Å². The molecule has 0 bridgehead atoms. The van der Waals surface area contributed by atoms with E-state index in [1.807, 2.05) is 0 Å². The fraction of sp³-hybridized carbons (Fsp3) is 1.00. The fourth-order valence-electron chi connectivity index (χ4n) is 3.73. The highest BCUT2D eigenvalue weighted by Crippen LogP contribution is 2.38. The van der Waals surface area contributed by atoms with Gasteiger partial charge in [-0.1, -0.05) is 19.3 Å². The number of hydrogen-bond acceptors (Lipinski definition) is 1. The molecule has 0 aromatic rings. The lowest BCUT2D eigenvalue weighted by atomic mass is 9.82. The van der Waals surface area contributed by atoms with Gasteiger partial charge in [0.15, 0.2) is 0 Å². The summed E-state index contributed by atoms with van der Waals surface area (Å²) in [7, 11) is 0. The number of hydrogen-bond donors (Lipinski definition) is 1. The Morgan fingerprint density at radius 2 is 1.47 bits per heavy atom.